The molecule has 0 unspecified atom stereocenters. The lowest BCUT2D eigenvalue weighted by Crippen LogP contribution is -2.04. The predicted octanol–water partition coefficient (Wildman–Crippen LogP) is 3.61. The van der Waals surface area contributed by atoms with Gasteiger partial charge in [-0.3, -0.25) is 9.55 Å². The smallest absolute Gasteiger partial charge is 0.147 e. The van der Waals surface area contributed by atoms with Gasteiger partial charge < -0.3 is 0 Å². The number of pyridine rings is 1. The lowest BCUT2D eigenvalue weighted by atomic mass is 10.2. The van der Waals surface area contributed by atoms with E-state index >= 15 is 0 Å². The third-order valence-electron chi connectivity index (χ3n) is 3.06. The highest BCUT2D eigenvalue weighted by atomic mass is 35.5. The van der Waals surface area contributed by atoms with Crippen LogP contribution in [0.15, 0.2) is 36.7 Å². The van der Waals surface area contributed by atoms with E-state index in [0.717, 1.165) is 11.1 Å². The Hall–Kier alpha value is -1.94. The molecule has 0 atom stereocenters. The first-order valence-corrected chi connectivity index (χ1v) is 6.38. The highest BCUT2D eigenvalue weighted by Crippen LogP contribution is 2.26. The Bertz CT molecular complexity index is 731. The van der Waals surface area contributed by atoms with Crippen molar-refractivity contribution in [1.82, 2.24) is 14.5 Å². The standard InChI is InChI=1S/C14H11ClFN3/c1-9-3-2-4-10(16)14(9)19-12-5-6-17-8-11(12)18-13(19)7-15/h2-6,8H,7H2,1H3. The number of fused-ring (bicyclic) bond motifs is 1. The molecule has 96 valence electrons. The molecule has 2 heterocycles. The number of rotatable bonds is 2. The molecular formula is C14H11ClFN3. The van der Waals surface area contributed by atoms with Crippen LogP contribution in [0.2, 0.25) is 0 Å². The largest absolute Gasteiger partial charge is 0.292 e. The average Bonchev–Trinajstić information content (AvgIpc) is 2.77. The number of aromatic nitrogens is 3. The zero-order valence-corrected chi connectivity index (χ0v) is 11.0. The minimum absolute atomic E-state index is 0.211. The summed E-state index contributed by atoms with van der Waals surface area (Å²) < 4.78 is 15.9. The molecule has 0 aliphatic heterocycles. The summed E-state index contributed by atoms with van der Waals surface area (Å²) in [4.78, 5) is 8.42. The van der Waals surface area contributed by atoms with Gasteiger partial charge in [0.2, 0.25) is 0 Å². The maximum absolute atomic E-state index is 14.2. The molecule has 3 rings (SSSR count). The third-order valence-corrected chi connectivity index (χ3v) is 3.30. The van der Waals surface area contributed by atoms with Gasteiger partial charge in [0.15, 0.2) is 0 Å². The Balaban J connectivity index is 2.41. The first-order chi connectivity index (χ1) is 9.22. The van der Waals surface area contributed by atoms with Gasteiger partial charge in [-0.1, -0.05) is 12.1 Å². The minimum atomic E-state index is -0.289. The molecule has 0 saturated heterocycles. The highest BCUT2D eigenvalue weighted by Gasteiger charge is 2.16. The fourth-order valence-corrected chi connectivity index (χ4v) is 2.41. The van der Waals surface area contributed by atoms with Gasteiger partial charge in [0.25, 0.3) is 0 Å². The first kappa shape index (κ1) is 12.1. The monoisotopic (exact) mass is 275 g/mol. The second-order valence-corrected chi connectivity index (χ2v) is 4.53. The zero-order valence-electron chi connectivity index (χ0n) is 10.3. The molecule has 0 saturated carbocycles. The van der Waals surface area contributed by atoms with E-state index in [1.807, 2.05) is 19.1 Å². The SMILES string of the molecule is Cc1cccc(F)c1-n1c(CCl)nc2cnccc21. The van der Waals surface area contributed by atoms with Crippen LogP contribution >= 0.6 is 11.6 Å². The summed E-state index contributed by atoms with van der Waals surface area (Å²) in [6.07, 6.45) is 3.31. The summed E-state index contributed by atoms with van der Waals surface area (Å²) in [5.74, 6) is 0.531. The van der Waals surface area contributed by atoms with Crippen molar-refractivity contribution in [2.75, 3.05) is 0 Å². The number of imidazole rings is 1. The Kier molecular flexibility index (Phi) is 2.95. The summed E-state index contributed by atoms with van der Waals surface area (Å²) in [5.41, 5.74) is 2.84. The molecule has 0 aliphatic rings. The number of hydrogen-bond donors (Lipinski definition) is 0. The highest BCUT2D eigenvalue weighted by molar-refractivity contribution is 6.17. The molecule has 0 aliphatic carbocycles. The van der Waals surface area contributed by atoms with E-state index in [0.29, 0.717) is 17.0 Å². The van der Waals surface area contributed by atoms with Crippen LogP contribution in [-0.4, -0.2) is 14.5 Å². The van der Waals surface area contributed by atoms with E-state index in [9.17, 15) is 4.39 Å². The van der Waals surface area contributed by atoms with Crippen molar-refractivity contribution in [3.8, 4) is 5.69 Å². The summed E-state index contributed by atoms with van der Waals surface area (Å²) in [6, 6.07) is 6.80. The normalized spacial score (nSPS) is 11.1. The summed E-state index contributed by atoms with van der Waals surface area (Å²) >= 11 is 5.93. The molecule has 0 bridgehead atoms. The molecule has 5 heteroatoms. The van der Waals surface area contributed by atoms with E-state index in [-0.39, 0.29) is 11.7 Å². The number of halogens is 2. The van der Waals surface area contributed by atoms with Crippen LogP contribution in [0.5, 0.6) is 0 Å². The fraction of sp³-hybridized carbons (Fsp3) is 0.143. The van der Waals surface area contributed by atoms with Crippen LogP contribution in [-0.2, 0) is 5.88 Å². The molecule has 0 radical (unpaired) electrons. The number of para-hydroxylation sites is 1. The number of benzene rings is 1. The van der Waals surface area contributed by atoms with Crippen LogP contribution in [0.25, 0.3) is 16.7 Å². The van der Waals surface area contributed by atoms with Crippen LogP contribution in [0.1, 0.15) is 11.4 Å². The third kappa shape index (κ3) is 1.88. The fourth-order valence-electron chi connectivity index (χ4n) is 2.23. The van der Waals surface area contributed by atoms with Crippen LogP contribution < -0.4 is 0 Å². The van der Waals surface area contributed by atoms with Gasteiger partial charge in [0.1, 0.15) is 17.2 Å². The second kappa shape index (κ2) is 4.63. The molecule has 3 nitrogen and oxygen atoms in total. The summed E-state index contributed by atoms with van der Waals surface area (Å²) in [7, 11) is 0. The molecule has 1 aromatic carbocycles. The van der Waals surface area contributed by atoms with Crippen LogP contribution in [0.3, 0.4) is 0 Å². The van der Waals surface area contributed by atoms with E-state index in [1.165, 1.54) is 6.07 Å². The summed E-state index contributed by atoms with van der Waals surface area (Å²) in [5, 5.41) is 0. The first-order valence-electron chi connectivity index (χ1n) is 5.85. The van der Waals surface area contributed by atoms with Crippen molar-refractivity contribution in [2.24, 2.45) is 0 Å². The maximum Gasteiger partial charge on any atom is 0.147 e. The van der Waals surface area contributed by atoms with Crippen LogP contribution in [0, 0.1) is 12.7 Å². The Labute approximate surface area is 114 Å². The number of nitrogens with zero attached hydrogens (tertiary/aromatic N) is 3. The molecule has 0 fully saturated rings. The Morgan fingerprint density at radius 2 is 2.16 bits per heavy atom. The van der Waals surface area contributed by atoms with Crippen molar-refractivity contribution in [3.63, 3.8) is 0 Å². The van der Waals surface area contributed by atoms with Crippen LogP contribution in [0.4, 0.5) is 4.39 Å². The van der Waals surface area contributed by atoms with Gasteiger partial charge in [-0.2, -0.15) is 0 Å². The van der Waals surface area contributed by atoms with E-state index in [1.54, 1.807) is 23.0 Å². The lowest BCUT2D eigenvalue weighted by Gasteiger charge is -2.11. The van der Waals surface area contributed by atoms with Crippen molar-refractivity contribution >= 4 is 22.6 Å². The Morgan fingerprint density at radius 1 is 1.32 bits per heavy atom. The van der Waals surface area contributed by atoms with Crippen molar-refractivity contribution in [2.45, 2.75) is 12.8 Å². The van der Waals surface area contributed by atoms with E-state index in [4.69, 9.17) is 11.6 Å². The molecular weight excluding hydrogens is 265 g/mol. The Morgan fingerprint density at radius 3 is 2.89 bits per heavy atom. The van der Waals surface area contributed by atoms with Gasteiger partial charge >= 0.3 is 0 Å². The van der Waals surface area contributed by atoms with Crippen molar-refractivity contribution in [1.29, 1.82) is 0 Å². The van der Waals surface area contributed by atoms with Crippen molar-refractivity contribution < 1.29 is 4.39 Å². The maximum atomic E-state index is 14.2. The number of alkyl halides is 1. The van der Waals surface area contributed by atoms with E-state index in [2.05, 4.69) is 9.97 Å². The molecule has 0 amide bonds. The second-order valence-electron chi connectivity index (χ2n) is 4.27. The van der Waals surface area contributed by atoms with Gasteiger partial charge in [-0.15, -0.1) is 11.6 Å². The zero-order chi connectivity index (χ0) is 13.4. The quantitative estimate of drug-likeness (QED) is 0.669. The molecule has 0 N–H and O–H groups in total. The van der Waals surface area contributed by atoms with Gasteiger partial charge in [-0.25, -0.2) is 9.37 Å². The summed E-state index contributed by atoms with van der Waals surface area (Å²) in [6.45, 7) is 1.86. The molecule has 2 aromatic heterocycles. The predicted molar refractivity (Wildman–Crippen MR) is 73.1 cm³/mol. The van der Waals surface area contributed by atoms with Gasteiger partial charge in [0.05, 0.1) is 23.3 Å². The van der Waals surface area contributed by atoms with Gasteiger partial charge in [0, 0.05) is 6.20 Å². The number of aryl methyl sites for hydroxylation is 1. The average molecular weight is 276 g/mol. The number of hydrogen-bond acceptors (Lipinski definition) is 2. The van der Waals surface area contributed by atoms with E-state index < -0.39 is 0 Å². The topological polar surface area (TPSA) is 30.7 Å². The molecule has 0 spiro atoms. The lowest BCUT2D eigenvalue weighted by molar-refractivity contribution is 0.616. The molecule has 19 heavy (non-hydrogen) atoms. The minimum Gasteiger partial charge on any atom is -0.292 e. The van der Waals surface area contributed by atoms with Gasteiger partial charge in [-0.05, 0) is 24.6 Å². The molecule has 3 aromatic rings. The van der Waals surface area contributed by atoms with Crippen molar-refractivity contribution in [3.05, 3.63) is 53.9 Å².